The van der Waals surface area contributed by atoms with Crippen molar-refractivity contribution in [3.8, 4) is 0 Å². The Balaban J connectivity index is 1.53. The number of unbranched alkanes of at least 4 members (excludes halogenated alkanes) is 2. The third kappa shape index (κ3) is 3.62. The average Bonchev–Trinajstić information content (AvgIpc) is 2.81. The van der Waals surface area contributed by atoms with Gasteiger partial charge < -0.3 is 0 Å². The molecule has 0 N–H and O–H groups in total. The van der Waals surface area contributed by atoms with Crippen LogP contribution in [0.1, 0.15) is 45.1 Å². The van der Waals surface area contributed by atoms with Gasteiger partial charge in [0.25, 0.3) is 0 Å². The van der Waals surface area contributed by atoms with Gasteiger partial charge >= 0.3 is 0 Å². The van der Waals surface area contributed by atoms with Gasteiger partial charge in [-0.25, -0.2) is 0 Å². The number of halogens is 1. The Kier molecular flexibility index (Phi) is 5.53. The summed E-state index contributed by atoms with van der Waals surface area (Å²) in [5.74, 6) is -0.323. The predicted molar refractivity (Wildman–Crippen MR) is 106 cm³/mol. The molecule has 0 radical (unpaired) electrons. The third-order valence-corrected chi connectivity index (χ3v) is 6.03. The number of fused-ring (bicyclic) bond motifs is 1. The highest BCUT2D eigenvalue weighted by Crippen LogP contribution is 2.30. The van der Waals surface area contributed by atoms with Crippen LogP contribution in [-0.4, -0.2) is 11.6 Å². The number of benzene rings is 2. The lowest BCUT2D eigenvalue weighted by Crippen LogP contribution is -2.17. The van der Waals surface area contributed by atoms with Gasteiger partial charge in [-0.1, -0.05) is 59.1 Å². The minimum atomic E-state index is -0.409. The van der Waals surface area contributed by atoms with Crippen LogP contribution < -0.4 is 0 Å². The van der Waals surface area contributed by atoms with Gasteiger partial charge in [0.2, 0.25) is 0 Å². The zero-order valence-corrected chi connectivity index (χ0v) is 16.4. The molecule has 0 heterocycles. The van der Waals surface area contributed by atoms with E-state index in [1.54, 1.807) is 13.8 Å². The fourth-order valence-corrected chi connectivity index (χ4v) is 4.13. The van der Waals surface area contributed by atoms with Gasteiger partial charge in [0.15, 0.2) is 11.6 Å². The minimum Gasteiger partial charge on any atom is -0.294 e. The van der Waals surface area contributed by atoms with Crippen molar-refractivity contribution < 1.29 is 9.59 Å². The second-order valence-corrected chi connectivity index (χ2v) is 7.74. The van der Waals surface area contributed by atoms with Crippen LogP contribution in [0.2, 0.25) is 0 Å². The molecule has 130 valence electrons. The summed E-state index contributed by atoms with van der Waals surface area (Å²) in [7, 11) is 0. The van der Waals surface area contributed by atoms with Crippen LogP contribution in [-0.2, 0) is 16.0 Å². The zero-order chi connectivity index (χ0) is 18.0. The van der Waals surface area contributed by atoms with Gasteiger partial charge in [0.05, 0.1) is 5.92 Å². The number of Topliss-reactive ketones (excluding diaryl/α,β-unsaturated/α-hetero) is 2. The maximum atomic E-state index is 12.1. The molecule has 3 rings (SSSR count). The lowest BCUT2D eigenvalue weighted by molar-refractivity contribution is -0.126. The highest BCUT2D eigenvalue weighted by atomic mass is 79.9. The number of carbonyl (C=O) groups is 2. The van der Waals surface area contributed by atoms with E-state index in [4.69, 9.17) is 0 Å². The van der Waals surface area contributed by atoms with E-state index < -0.39 is 5.92 Å². The number of carbonyl (C=O) groups excluding carboxylic acids is 2. The van der Waals surface area contributed by atoms with Gasteiger partial charge in [0, 0.05) is 4.47 Å². The fraction of sp³-hybridized carbons (Fsp3) is 0.364. The number of allylic oxidation sites excluding steroid dienone is 2. The Morgan fingerprint density at radius 1 is 0.840 bits per heavy atom. The largest absolute Gasteiger partial charge is 0.294 e. The van der Waals surface area contributed by atoms with Crippen molar-refractivity contribution in [2.75, 3.05) is 0 Å². The number of hydrogen-bond acceptors (Lipinski definition) is 2. The molecule has 0 atom stereocenters. The Morgan fingerprint density at radius 2 is 1.48 bits per heavy atom. The van der Waals surface area contributed by atoms with Gasteiger partial charge in [-0.2, -0.15) is 0 Å². The molecule has 0 saturated heterocycles. The van der Waals surface area contributed by atoms with Crippen molar-refractivity contribution in [1.29, 1.82) is 0 Å². The summed E-state index contributed by atoms with van der Waals surface area (Å²) >= 11 is 3.61. The molecule has 0 aliphatic heterocycles. The number of hydrogen-bond donors (Lipinski definition) is 0. The molecule has 0 saturated carbocycles. The molecular weight excluding hydrogens is 376 g/mol. The molecule has 1 aliphatic rings. The van der Waals surface area contributed by atoms with Crippen molar-refractivity contribution in [1.82, 2.24) is 0 Å². The Labute approximate surface area is 157 Å². The lowest BCUT2D eigenvalue weighted by atomic mass is 9.94. The topological polar surface area (TPSA) is 34.1 Å². The molecular formula is C22H23BrO2. The first kappa shape index (κ1) is 18.1. The van der Waals surface area contributed by atoms with Crippen molar-refractivity contribution in [3.05, 3.63) is 57.6 Å². The molecule has 2 aromatic carbocycles. The number of ketones is 2. The second-order valence-electron chi connectivity index (χ2n) is 6.88. The van der Waals surface area contributed by atoms with Gasteiger partial charge in [0.1, 0.15) is 0 Å². The van der Waals surface area contributed by atoms with Crippen molar-refractivity contribution in [2.45, 2.75) is 46.0 Å². The van der Waals surface area contributed by atoms with Crippen molar-refractivity contribution in [3.63, 3.8) is 0 Å². The molecule has 0 unspecified atom stereocenters. The van der Waals surface area contributed by atoms with Crippen LogP contribution in [0.15, 0.2) is 52.0 Å². The smallest absolute Gasteiger partial charge is 0.169 e. The quantitative estimate of drug-likeness (QED) is 0.454. The normalized spacial score (nSPS) is 15.6. The van der Waals surface area contributed by atoms with Crippen LogP contribution in [0.3, 0.4) is 0 Å². The molecule has 3 heteroatoms. The van der Waals surface area contributed by atoms with Crippen LogP contribution in [0.25, 0.3) is 10.8 Å². The van der Waals surface area contributed by atoms with E-state index in [0.717, 1.165) is 30.2 Å². The van der Waals surface area contributed by atoms with Crippen molar-refractivity contribution >= 4 is 38.3 Å². The molecule has 0 amide bonds. The van der Waals surface area contributed by atoms with E-state index in [9.17, 15) is 9.59 Å². The Bertz CT molecular complexity index is 839. The first-order valence-corrected chi connectivity index (χ1v) is 9.72. The average molecular weight is 399 g/mol. The summed E-state index contributed by atoms with van der Waals surface area (Å²) in [6, 6.07) is 12.7. The van der Waals surface area contributed by atoms with Crippen LogP contribution >= 0.6 is 15.9 Å². The first-order valence-electron chi connectivity index (χ1n) is 8.92. The summed E-state index contributed by atoms with van der Waals surface area (Å²) in [5, 5.41) is 2.55. The van der Waals surface area contributed by atoms with E-state index in [1.165, 1.54) is 16.3 Å². The van der Waals surface area contributed by atoms with Gasteiger partial charge in [-0.05, 0) is 66.7 Å². The summed E-state index contributed by atoms with van der Waals surface area (Å²) in [6.07, 6.45) is 4.76. The van der Waals surface area contributed by atoms with E-state index in [0.29, 0.717) is 17.6 Å². The molecule has 0 spiro atoms. The molecule has 2 aromatic rings. The van der Waals surface area contributed by atoms with E-state index in [2.05, 4.69) is 52.3 Å². The van der Waals surface area contributed by atoms with Crippen LogP contribution in [0, 0.1) is 5.92 Å². The van der Waals surface area contributed by atoms with E-state index >= 15 is 0 Å². The maximum Gasteiger partial charge on any atom is 0.169 e. The second kappa shape index (κ2) is 7.65. The molecule has 2 nitrogen and oxygen atoms in total. The van der Waals surface area contributed by atoms with Gasteiger partial charge in [-0.15, -0.1) is 0 Å². The summed E-state index contributed by atoms with van der Waals surface area (Å²) in [5.41, 5.74) is 2.69. The molecule has 0 fully saturated rings. The minimum absolute atomic E-state index is 0.0430. The molecule has 0 aromatic heterocycles. The maximum absolute atomic E-state index is 12.1. The standard InChI is InChI=1S/C22H23BrO2/c1-14-15(2)22(25)19(21(14)24)11-5-3-4-8-16-12-13-20(23)18-10-7-6-9-17(16)18/h6-7,9-10,12-13,19H,3-5,8,11H2,1-2H3. The van der Waals surface area contributed by atoms with Gasteiger partial charge in [-0.3, -0.25) is 9.59 Å². The van der Waals surface area contributed by atoms with Crippen molar-refractivity contribution in [2.24, 2.45) is 5.92 Å². The summed E-state index contributed by atoms with van der Waals surface area (Å²) in [6.45, 7) is 3.54. The third-order valence-electron chi connectivity index (χ3n) is 5.33. The summed E-state index contributed by atoms with van der Waals surface area (Å²) < 4.78 is 1.13. The van der Waals surface area contributed by atoms with E-state index in [-0.39, 0.29) is 11.6 Å². The monoisotopic (exact) mass is 398 g/mol. The molecule has 25 heavy (non-hydrogen) atoms. The zero-order valence-electron chi connectivity index (χ0n) is 14.8. The first-order chi connectivity index (χ1) is 12.0. The number of aryl methyl sites for hydroxylation is 1. The van der Waals surface area contributed by atoms with Crippen LogP contribution in [0.4, 0.5) is 0 Å². The molecule has 1 aliphatic carbocycles. The molecule has 0 bridgehead atoms. The SMILES string of the molecule is CC1=C(C)C(=O)C(CCCCCc2ccc(Br)c3ccccc23)C1=O. The lowest BCUT2D eigenvalue weighted by Gasteiger charge is -2.10. The number of rotatable bonds is 6. The van der Waals surface area contributed by atoms with Crippen LogP contribution in [0.5, 0.6) is 0 Å². The Hall–Kier alpha value is -1.74. The van der Waals surface area contributed by atoms with E-state index in [1.807, 2.05) is 0 Å². The highest BCUT2D eigenvalue weighted by Gasteiger charge is 2.35. The highest BCUT2D eigenvalue weighted by molar-refractivity contribution is 9.10. The fourth-order valence-electron chi connectivity index (χ4n) is 3.66. The predicted octanol–water partition coefficient (Wildman–Crippen LogP) is 5.81. The Morgan fingerprint density at radius 3 is 2.16 bits per heavy atom. The summed E-state index contributed by atoms with van der Waals surface area (Å²) in [4.78, 5) is 24.2.